The fourth-order valence-corrected chi connectivity index (χ4v) is 2.84. The minimum absolute atomic E-state index is 0.0156. The molecule has 2 saturated heterocycles. The molecule has 0 aromatic carbocycles. The summed E-state index contributed by atoms with van der Waals surface area (Å²) < 4.78 is 15.8. The standard InChI is InChI=1S/C13H20O5/c1-2-18-12(15)13(9-17-8-5-11(13)14)10-3-6-16-7-4-10/h10H,2-9H2,1H3. The van der Waals surface area contributed by atoms with E-state index in [0.29, 0.717) is 39.1 Å². The summed E-state index contributed by atoms with van der Waals surface area (Å²) >= 11 is 0. The Morgan fingerprint density at radius 2 is 2.06 bits per heavy atom. The van der Waals surface area contributed by atoms with Crippen molar-refractivity contribution in [2.45, 2.75) is 26.2 Å². The number of carbonyl (C=O) groups excluding carboxylic acids is 2. The van der Waals surface area contributed by atoms with Crippen LogP contribution in [0, 0.1) is 11.3 Å². The molecule has 2 heterocycles. The molecule has 0 bridgehead atoms. The number of ketones is 1. The highest BCUT2D eigenvalue weighted by Crippen LogP contribution is 2.40. The third-order valence-corrected chi connectivity index (χ3v) is 3.86. The van der Waals surface area contributed by atoms with E-state index in [1.54, 1.807) is 6.92 Å². The molecule has 0 spiro atoms. The lowest BCUT2D eigenvalue weighted by atomic mass is 9.67. The van der Waals surface area contributed by atoms with Crippen LogP contribution in [-0.4, -0.2) is 44.8 Å². The molecule has 0 radical (unpaired) electrons. The van der Waals surface area contributed by atoms with E-state index >= 15 is 0 Å². The van der Waals surface area contributed by atoms with Crippen LogP contribution in [0.15, 0.2) is 0 Å². The quantitative estimate of drug-likeness (QED) is 0.556. The average molecular weight is 256 g/mol. The lowest BCUT2D eigenvalue weighted by Crippen LogP contribution is -2.54. The van der Waals surface area contributed by atoms with Crippen LogP contribution in [0.1, 0.15) is 26.2 Å². The molecule has 18 heavy (non-hydrogen) atoms. The van der Waals surface area contributed by atoms with Gasteiger partial charge in [0.2, 0.25) is 0 Å². The Kier molecular flexibility index (Phi) is 4.35. The molecule has 2 aliphatic rings. The summed E-state index contributed by atoms with van der Waals surface area (Å²) in [6, 6.07) is 0. The fourth-order valence-electron chi connectivity index (χ4n) is 2.84. The summed E-state index contributed by atoms with van der Waals surface area (Å²) in [5.41, 5.74) is -1.09. The van der Waals surface area contributed by atoms with Gasteiger partial charge in [0.15, 0.2) is 11.2 Å². The highest BCUT2D eigenvalue weighted by molar-refractivity contribution is 6.04. The third kappa shape index (κ3) is 2.29. The lowest BCUT2D eigenvalue weighted by Gasteiger charge is -2.41. The maximum absolute atomic E-state index is 12.3. The van der Waals surface area contributed by atoms with Gasteiger partial charge >= 0.3 is 5.97 Å². The molecule has 2 aliphatic heterocycles. The minimum atomic E-state index is -1.09. The van der Waals surface area contributed by atoms with Crippen LogP contribution in [0.2, 0.25) is 0 Å². The van der Waals surface area contributed by atoms with E-state index in [0.717, 1.165) is 0 Å². The molecular formula is C13H20O5. The fraction of sp³-hybridized carbons (Fsp3) is 0.846. The van der Waals surface area contributed by atoms with Crippen molar-refractivity contribution < 1.29 is 23.8 Å². The molecule has 2 fully saturated rings. The van der Waals surface area contributed by atoms with Crippen molar-refractivity contribution in [3.8, 4) is 0 Å². The van der Waals surface area contributed by atoms with Crippen LogP contribution in [-0.2, 0) is 23.8 Å². The minimum Gasteiger partial charge on any atom is -0.465 e. The highest BCUT2D eigenvalue weighted by atomic mass is 16.5. The molecule has 1 unspecified atom stereocenters. The second kappa shape index (κ2) is 5.80. The lowest BCUT2D eigenvalue weighted by molar-refractivity contribution is -0.178. The van der Waals surface area contributed by atoms with E-state index in [1.807, 2.05) is 0 Å². The van der Waals surface area contributed by atoms with E-state index in [4.69, 9.17) is 14.2 Å². The van der Waals surface area contributed by atoms with Crippen LogP contribution in [0.5, 0.6) is 0 Å². The molecule has 5 heteroatoms. The van der Waals surface area contributed by atoms with E-state index in [1.165, 1.54) is 0 Å². The number of hydrogen-bond acceptors (Lipinski definition) is 5. The van der Waals surface area contributed by atoms with E-state index in [2.05, 4.69) is 0 Å². The van der Waals surface area contributed by atoms with Gasteiger partial charge in [-0.15, -0.1) is 0 Å². The first-order valence-corrected chi connectivity index (χ1v) is 6.58. The second-order valence-electron chi connectivity index (χ2n) is 4.80. The zero-order valence-electron chi connectivity index (χ0n) is 10.8. The summed E-state index contributed by atoms with van der Waals surface area (Å²) in [4.78, 5) is 24.6. The van der Waals surface area contributed by atoms with Gasteiger partial charge in [0.25, 0.3) is 0 Å². The van der Waals surface area contributed by atoms with Crippen LogP contribution in [0.4, 0.5) is 0 Å². The van der Waals surface area contributed by atoms with Gasteiger partial charge in [-0.05, 0) is 25.7 Å². The Labute approximate surface area is 107 Å². The van der Waals surface area contributed by atoms with E-state index in [9.17, 15) is 9.59 Å². The van der Waals surface area contributed by atoms with E-state index < -0.39 is 11.4 Å². The smallest absolute Gasteiger partial charge is 0.322 e. The van der Waals surface area contributed by atoms with E-state index in [-0.39, 0.29) is 24.9 Å². The summed E-state index contributed by atoms with van der Waals surface area (Å²) in [6.45, 7) is 3.80. The predicted octanol–water partition coefficient (Wildman–Crippen LogP) is 0.952. The maximum atomic E-state index is 12.3. The van der Waals surface area contributed by atoms with Gasteiger partial charge in [0.05, 0.1) is 19.8 Å². The Bertz CT molecular complexity index is 321. The zero-order chi connectivity index (χ0) is 13.0. The summed E-state index contributed by atoms with van der Waals surface area (Å²) in [6.07, 6.45) is 1.73. The van der Waals surface area contributed by atoms with Crippen LogP contribution < -0.4 is 0 Å². The van der Waals surface area contributed by atoms with Crippen molar-refractivity contribution in [3.63, 3.8) is 0 Å². The Balaban J connectivity index is 2.25. The first-order valence-electron chi connectivity index (χ1n) is 6.58. The molecule has 102 valence electrons. The van der Waals surface area contributed by atoms with Gasteiger partial charge in [-0.25, -0.2) is 0 Å². The first kappa shape index (κ1) is 13.5. The summed E-state index contributed by atoms with van der Waals surface area (Å²) in [5, 5.41) is 0. The predicted molar refractivity (Wildman–Crippen MR) is 63.1 cm³/mol. The van der Waals surface area contributed by atoms with Crippen molar-refractivity contribution >= 4 is 11.8 Å². The van der Waals surface area contributed by atoms with Gasteiger partial charge in [-0.3, -0.25) is 9.59 Å². The van der Waals surface area contributed by atoms with Crippen molar-refractivity contribution in [2.24, 2.45) is 11.3 Å². The van der Waals surface area contributed by atoms with Crippen molar-refractivity contribution in [1.82, 2.24) is 0 Å². The normalized spacial score (nSPS) is 30.2. The van der Waals surface area contributed by atoms with Gasteiger partial charge in [-0.2, -0.15) is 0 Å². The number of ether oxygens (including phenoxy) is 3. The molecule has 2 rings (SSSR count). The number of rotatable bonds is 3. The topological polar surface area (TPSA) is 61.8 Å². The maximum Gasteiger partial charge on any atom is 0.322 e. The van der Waals surface area contributed by atoms with Crippen molar-refractivity contribution in [1.29, 1.82) is 0 Å². The Morgan fingerprint density at radius 3 is 2.67 bits per heavy atom. The molecular weight excluding hydrogens is 236 g/mol. The summed E-state index contributed by atoms with van der Waals surface area (Å²) in [7, 11) is 0. The molecule has 1 atom stereocenters. The Morgan fingerprint density at radius 1 is 1.33 bits per heavy atom. The highest BCUT2D eigenvalue weighted by Gasteiger charge is 2.54. The van der Waals surface area contributed by atoms with Crippen molar-refractivity contribution in [3.05, 3.63) is 0 Å². The van der Waals surface area contributed by atoms with Gasteiger partial charge in [-0.1, -0.05) is 0 Å². The molecule has 0 saturated carbocycles. The van der Waals surface area contributed by atoms with Crippen molar-refractivity contribution in [2.75, 3.05) is 33.0 Å². The largest absolute Gasteiger partial charge is 0.465 e. The van der Waals surface area contributed by atoms with Gasteiger partial charge in [0, 0.05) is 19.6 Å². The average Bonchev–Trinajstić information content (AvgIpc) is 2.41. The number of hydrogen-bond donors (Lipinski definition) is 0. The zero-order valence-corrected chi connectivity index (χ0v) is 10.8. The van der Waals surface area contributed by atoms with Crippen LogP contribution >= 0.6 is 0 Å². The second-order valence-corrected chi connectivity index (χ2v) is 4.80. The number of esters is 1. The molecule has 0 amide bonds. The third-order valence-electron chi connectivity index (χ3n) is 3.86. The van der Waals surface area contributed by atoms with Crippen LogP contribution in [0.25, 0.3) is 0 Å². The molecule has 0 aliphatic carbocycles. The molecule has 5 nitrogen and oxygen atoms in total. The van der Waals surface area contributed by atoms with Gasteiger partial charge in [0.1, 0.15) is 0 Å². The van der Waals surface area contributed by atoms with Gasteiger partial charge < -0.3 is 14.2 Å². The number of Topliss-reactive ketones (excluding diaryl/α,β-unsaturated/α-hetero) is 1. The monoisotopic (exact) mass is 256 g/mol. The summed E-state index contributed by atoms with van der Waals surface area (Å²) in [5.74, 6) is -0.459. The molecule has 0 aromatic rings. The first-order chi connectivity index (χ1) is 8.71. The molecule has 0 aromatic heterocycles. The Hall–Kier alpha value is -0.940. The number of carbonyl (C=O) groups is 2. The SMILES string of the molecule is CCOC(=O)C1(C2CCOCC2)COCCC1=O. The molecule has 0 N–H and O–H groups in total. The van der Waals surface area contributed by atoms with Crippen LogP contribution in [0.3, 0.4) is 0 Å².